The number of rotatable bonds is 5. The Labute approximate surface area is 135 Å². The molecule has 0 bridgehead atoms. The van der Waals surface area contributed by atoms with Crippen LogP contribution < -0.4 is 5.32 Å². The van der Waals surface area contributed by atoms with E-state index in [0.29, 0.717) is 6.42 Å². The normalized spacial score (nSPS) is 9.26. The first kappa shape index (κ1) is 18.2. The number of unbranched alkanes of at least 4 members (excludes halogenated alkanes) is 1. The summed E-state index contributed by atoms with van der Waals surface area (Å²) in [5.74, 6) is -2.70. The minimum absolute atomic E-state index is 0.196. The van der Waals surface area contributed by atoms with Crippen LogP contribution in [0.15, 0.2) is 60.7 Å². The number of hydrogen-bond acceptors (Lipinski definition) is 4. The average Bonchev–Trinajstić information content (AvgIpc) is 2.57. The molecule has 0 atom stereocenters. The van der Waals surface area contributed by atoms with Crippen molar-refractivity contribution in [2.45, 2.75) is 19.8 Å². The molecule has 23 heavy (non-hydrogen) atoms. The van der Waals surface area contributed by atoms with Crippen LogP contribution in [0.4, 0.5) is 11.4 Å². The lowest BCUT2D eigenvalue weighted by Gasteiger charge is -2.04. The van der Waals surface area contributed by atoms with Gasteiger partial charge in [-0.2, -0.15) is 0 Å². The fourth-order valence-corrected chi connectivity index (χ4v) is 1.58. The van der Waals surface area contributed by atoms with Crippen LogP contribution in [-0.2, 0) is 14.3 Å². The maximum atomic E-state index is 10.2. The largest absolute Gasteiger partial charge is 0.473 e. The molecular weight excluding hydrogens is 294 g/mol. The first-order chi connectivity index (χ1) is 11.1. The summed E-state index contributed by atoms with van der Waals surface area (Å²) in [6, 6.07) is 20.3. The highest BCUT2D eigenvalue weighted by atomic mass is 16.6. The van der Waals surface area contributed by atoms with Gasteiger partial charge in [0.1, 0.15) is 0 Å². The molecule has 122 valence electrons. The van der Waals surface area contributed by atoms with Gasteiger partial charge in [-0.05, 0) is 30.7 Å². The van der Waals surface area contributed by atoms with Gasteiger partial charge in [-0.1, -0.05) is 49.7 Å². The number of carboxylic acids is 1. The standard InChI is InChI=1S/C12H11N.C6H10O4/c1-3-7-11(8-4-1)13-12-9-5-2-6-10-12;1-2-3-4-10-6(9)5(7)8/h1-10,13H;2-4H2,1H3,(H,7,8). The molecule has 0 saturated carbocycles. The predicted octanol–water partition coefficient (Wildman–Crippen LogP) is 3.84. The predicted molar refractivity (Wildman–Crippen MR) is 89.7 cm³/mol. The molecule has 5 nitrogen and oxygen atoms in total. The number of esters is 1. The third kappa shape index (κ3) is 8.26. The molecule has 0 unspecified atom stereocenters. The quantitative estimate of drug-likeness (QED) is 0.498. The van der Waals surface area contributed by atoms with Crippen molar-refractivity contribution < 1.29 is 19.4 Å². The SMILES string of the molecule is CCCCOC(=O)C(=O)O.c1ccc(Nc2ccccc2)cc1. The number of nitrogens with one attached hydrogen (secondary N) is 1. The van der Waals surface area contributed by atoms with Crippen molar-refractivity contribution >= 4 is 23.3 Å². The minimum atomic E-state index is -1.53. The van der Waals surface area contributed by atoms with Gasteiger partial charge in [-0.3, -0.25) is 0 Å². The zero-order valence-corrected chi connectivity index (χ0v) is 13.1. The third-order valence-electron chi connectivity index (χ3n) is 2.74. The average molecular weight is 315 g/mol. The summed E-state index contributed by atoms with van der Waals surface area (Å²) in [5, 5.41) is 11.3. The third-order valence-corrected chi connectivity index (χ3v) is 2.74. The number of hydrogen-bond donors (Lipinski definition) is 2. The van der Waals surface area contributed by atoms with E-state index in [-0.39, 0.29) is 6.61 Å². The van der Waals surface area contributed by atoms with E-state index in [4.69, 9.17) is 5.11 Å². The van der Waals surface area contributed by atoms with Crippen molar-refractivity contribution in [2.24, 2.45) is 0 Å². The molecule has 0 aliphatic heterocycles. The highest BCUT2D eigenvalue weighted by Gasteiger charge is 2.11. The summed E-state index contributed by atoms with van der Waals surface area (Å²) in [6.45, 7) is 2.12. The Kier molecular flexibility index (Phi) is 8.59. The Balaban J connectivity index is 0.000000241. The maximum Gasteiger partial charge on any atom is 0.417 e. The molecule has 0 radical (unpaired) electrons. The Morgan fingerprint density at radius 2 is 1.43 bits per heavy atom. The molecule has 0 amide bonds. The fourth-order valence-electron chi connectivity index (χ4n) is 1.58. The van der Waals surface area contributed by atoms with Crippen LogP contribution in [0.5, 0.6) is 0 Å². The number of ether oxygens (including phenoxy) is 1. The number of benzene rings is 2. The van der Waals surface area contributed by atoms with E-state index >= 15 is 0 Å². The van der Waals surface area contributed by atoms with E-state index < -0.39 is 11.9 Å². The van der Waals surface area contributed by atoms with Crippen LogP contribution in [0.2, 0.25) is 0 Å². The molecule has 0 aromatic heterocycles. The molecule has 2 N–H and O–H groups in total. The number of carbonyl (C=O) groups excluding carboxylic acids is 1. The summed E-state index contributed by atoms with van der Waals surface area (Å²) in [5.41, 5.74) is 2.24. The zero-order valence-electron chi connectivity index (χ0n) is 13.1. The van der Waals surface area contributed by atoms with Crippen LogP contribution in [0.3, 0.4) is 0 Å². The van der Waals surface area contributed by atoms with Gasteiger partial charge in [0.25, 0.3) is 0 Å². The number of carboxylic acid groups (broad SMARTS) is 1. The van der Waals surface area contributed by atoms with Crippen LogP contribution in [0, 0.1) is 0 Å². The van der Waals surface area contributed by atoms with Crippen LogP contribution in [-0.4, -0.2) is 23.7 Å². The Morgan fingerprint density at radius 1 is 0.957 bits per heavy atom. The first-order valence-corrected chi connectivity index (χ1v) is 7.40. The zero-order chi connectivity index (χ0) is 16.9. The lowest BCUT2D eigenvalue weighted by Crippen LogP contribution is -2.16. The van der Waals surface area contributed by atoms with Gasteiger partial charge in [-0.15, -0.1) is 0 Å². The van der Waals surface area contributed by atoms with E-state index in [1.165, 1.54) is 0 Å². The molecular formula is C18H21NO4. The topological polar surface area (TPSA) is 75.6 Å². The van der Waals surface area contributed by atoms with E-state index in [0.717, 1.165) is 17.8 Å². The highest BCUT2D eigenvalue weighted by Crippen LogP contribution is 2.14. The number of carbonyl (C=O) groups is 2. The molecule has 2 rings (SSSR count). The van der Waals surface area contributed by atoms with E-state index in [9.17, 15) is 9.59 Å². The summed E-state index contributed by atoms with van der Waals surface area (Å²) in [7, 11) is 0. The molecule has 0 heterocycles. The first-order valence-electron chi connectivity index (χ1n) is 7.40. The summed E-state index contributed by atoms with van der Waals surface area (Å²) < 4.78 is 4.31. The van der Waals surface area contributed by atoms with Crippen molar-refractivity contribution in [3.63, 3.8) is 0 Å². The van der Waals surface area contributed by atoms with Crippen LogP contribution in [0.25, 0.3) is 0 Å². The van der Waals surface area contributed by atoms with Crippen LogP contribution in [0.1, 0.15) is 19.8 Å². The van der Waals surface area contributed by atoms with Gasteiger partial charge in [0, 0.05) is 11.4 Å². The van der Waals surface area contributed by atoms with Gasteiger partial charge in [0.15, 0.2) is 0 Å². The Morgan fingerprint density at radius 3 is 1.83 bits per heavy atom. The molecule has 2 aromatic rings. The van der Waals surface area contributed by atoms with Gasteiger partial charge in [0.2, 0.25) is 0 Å². The molecule has 0 spiro atoms. The van der Waals surface area contributed by atoms with Crippen LogP contribution >= 0.6 is 0 Å². The van der Waals surface area contributed by atoms with Crippen molar-refractivity contribution in [3.05, 3.63) is 60.7 Å². The van der Waals surface area contributed by atoms with E-state index in [1.807, 2.05) is 67.6 Å². The Hall–Kier alpha value is -2.82. The van der Waals surface area contributed by atoms with E-state index in [2.05, 4.69) is 10.1 Å². The second-order valence-corrected chi connectivity index (χ2v) is 4.65. The second kappa shape index (κ2) is 10.8. The maximum absolute atomic E-state index is 10.2. The monoisotopic (exact) mass is 315 g/mol. The molecule has 2 aromatic carbocycles. The fraction of sp³-hybridized carbons (Fsp3) is 0.222. The number of anilines is 2. The van der Waals surface area contributed by atoms with Crippen molar-refractivity contribution in [3.8, 4) is 0 Å². The lowest BCUT2D eigenvalue weighted by atomic mass is 10.3. The minimum Gasteiger partial charge on any atom is -0.473 e. The van der Waals surface area contributed by atoms with Crippen molar-refractivity contribution in [1.82, 2.24) is 0 Å². The second-order valence-electron chi connectivity index (χ2n) is 4.65. The molecule has 5 heteroatoms. The number of para-hydroxylation sites is 2. The van der Waals surface area contributed by atoms with Gasteiger partial charge in [0.05, 0.1) is 6.61 Å². The highest BCUT2D eigenvalue weighted by molar-refractivity contribution is 6.28. The lowest BCUT2D eigenvalue weighted by molar-refractivity contribution is -0.163. The molecule has 0 saturated heterocycles. The van der Waals surface area contributed by atoms with Gasteiger partial charge >= 0.3 is 11.9 Å². The molecule has 0 aliphatic carbocycles. The van der Waals surface area contributed by atoms with Crippen molar-refractivity contribution in [2.75, 3.05) is 11.9 Å². The summed E-state index contributed by atoms with van der Waals surface area (Å²) in [4.78, 5) is 20.0. The molecule has 0 aliphatic rings. The summed E-state index contributed by atoms with van der Waals surface area (Å²) in [6.07, 6.45) is 1.59. The smallest absolute Gasteiger partial charge is 0.417 e. The van der Waals surface area contributed by atoms with Crippen molar-refractivity contribution in [1.29, 1.82) is 0 Å². The van der Waals surface area contributed by atoms with Gasteiger partial charge in [-0.25, -0.2) is 9.59 Å². The summed E-state index contributed by atoms with van der Waals surface area (Å²) >= 11 is 0. The Bertz CT molecular complexity index is 547. The molecule has 0 fully saturated rings. The number of aliphatic carboxylic acids is 1. The van der Waals surface area contributed by atoms with Gasteiger partial charge < -0.3 is 15.2 Å². The van der Waals surface area contributed by atoms with E-state index in [1.54, 1.807) is 0 Å².